The molecular formula is C13H24BrNO2. The predicted octanol–water partition coefficient (Wildman–Crippen LogP) is 3.66. The smallest absolute Gasteiger partial charge is 0.410 e. The molecule has 1 rings (SSSR count). The Hall–Kier alpha value is -0.250. The highest BCUT2D eigenvalue weighted by molar-refractivity contribution is 9.09. The van der Waals surface area contributed by atoms with E-state index in [1.807, 2.05) is 25.7 Å². The summed E-state index contributed by atoms with van der Waals surface area (Å²) in [7, 11) is 0. The normalized spacial score (nSPS) is 20.2. The van der Waals surface area contributed by atoms with Crippen molar-refractivity contribution in [2.24, 2.45) is 11.8 Å². The third kappa shape index (κ3) is 4.86. The molecule has 0 aromatic heterocycles. The number of ether oxygens (including phenoxy) is 1. The summed E-state index contributed by atoms with van der Waals surface area (Å²) in [6.45, 7) is 9.65. The molecule has 17 heavy (non-hydrogen) atoms. The zero-order valence-corrected chi connectivity index (χ0v) is 12.9. The van der Waals surface area contributed by atoms with Gasteiger partial charge in [-0.3, -0.25) is 0 Å². The van der Waals surface area contributed by atoms with Gasteiger partial charge in [-0.2, -0.15) is 0 Å². The number of piperidine rings is 1. The van der Waals surface area contributed by atoms with E-state index in [1.54, 1.807) is 0 Å². The molecule has 0 saturated carbocycles. The lowest BCUT2D eigenvalue weighted by molar-refractivity contribution is 0.0167. The van der Waals surface area contributed by atoms with Crippen LogP contribution < -0.4 is 0 Å². The summed E-state index contributed by atoms with van der Waals surface area (Å²) in [5.41, 5.74) is -0.392. The van der Waals surface area contributed by atoms with Crippen LogP contribution in [0.5, 0.6) is 0 Å². The molecule has 0 radical (unpaired) electrons. The van der Waals surface area contributed by atoms with Gasteiger partial charge in [0.2, 0.25) is 0 Å². The van der Waals surface area contributed by atoms with Crippen molar-refractivity contribution in [2.45, 2.75) is 46.1 Å². The van der Waals surface area contributed by atoms with Gasteiger partial charge >= 0.3 is 6.09 Å². The van der Waals surface area contributed by atoms with Crippen molar-refractivity contribution in [1.29, 1.82) is 0 Å². The monoisotopic (exact) mass is 305 g/mol. The fourth-order valence-corrected chi connectivity index (χ4v) is 2.63. The molecule has 0 bridgehead atoms. The number of carbonyl (C=O) groups excluding carboxylic acids is 1. The van der Waals surface area contributed by atoms with Gasteiger partial charge < -0.3 is 9.64 Å². The number of carbonyl (C=O) groups is 1. The number of hydrogen-bond acceptors (Lipinski definition) is 2. The molecule has 3 nitrogen and oxygen atoms in total. The van der Waals surface area contributed by atoms with Gasteiger partial charge in [0.05, 0.1) is 0 Å². The largest absolute Gasteiger partial charge is 0.444 e. The summed E-state index contributed by atoms with van der Waals surface area (Å²) < 4.78 is 5.38. The average molecular weight is 306 g/mol. The van der Waals surface area contributed by atoms with Crippen molar-refractivity contribution in [2.75, 3.05) is 18.4 Å². The second-order valence-electron chi connectivity index (χ2n) is 5.94. The second kappa shape index (κ2) is 6.07. The van der Waals surface area contributed by atoms with Crippen LogP contribution in [0.4, 0.5) is 4.79 Å². The zero-order valence-electron chi connectivity index (χ0n) is 11.3. The van der Waals surface area contributed by atoms with Crippen molar-refractivity contribution in [3.8, 4) is 0 Å². The standard InChI is InChI=1S/C13H24BrNO2/c1-10(9-14)11-5-7-15(8-6-11)12(16)17-13(2,3)4/h10-11H,5-9H2,1-4H3. The van der Waals surface area contributed by atoms with Crippen molar-refractivity contribution in [1.82, 2.24) is 4.90 Å². The molecule has 1 aliphatic heterocycles. The third-order valence-electron chi connectivity index (χ3n) is 3.24. The fraction of sp³-hybridized carbons (Fsp3) is 0.923. The Morgan fingerprint density at radius 3 is 2.35 bits per heavy atom. The van der Waals surface area contributed by atoms with Gasteiger partial charge in [-0.25, -0.2) is 4.79 Å². The van der Waals surface area contributed by atoms with E-state index in [4.69, 9.17) is 4.74 Å². The van der Waals surface area contributed by atoms with Gasteiger partial charge in [-0.15, -0.1) is 0 Å². The van der Waals surface area contributed by atoms with Crippen LogP contribution in [0.1, 0.15) is 40.5 Å². The Morgan fingerprint density at radius 1 is 1.41 bits per heavy atom. The van der Waals surface area contributed by atoms with Crippen molar-refractivity contribution >= 4 is 22.0 Å². The van der Waals surface area contributed by atoms with Gasteiger partial charge in [0.15, 0.2) is 0 Å². The van der Waals surface area contributed by atoms with E-state index in [0.29, 0.717) is 5.92 Å². The molecule has 0 N–H and O–H groups in total. The minimum Gasteiger partial charge on any atom is -0.444 e. The second-order valence-corrected chi connectivity index (χ2v) is 6.58. The van der Waals surface area contributed by atoms with Crippen LogP contribution in [0.2, 0.25) is 0 Å². The molecule has 1 aliphatic rings. The van der Waals surface area contributed by atoms with Crippen molar-refractivity contribution in [3.63, 3.8) is 0 Å². The highest BCUT2D eigenvalue weighted by Gasteiger charge is 2.28. The van der Waals surface area contributed by atoms with Crippen LogP contribution in [-0.2, 0) is 4.74 Å². The van der Waals surface area contributed by atoms with Crippen LogP contribution in [-0.4, -0.2) is 35.0 Å². The molecule has 4 heteroatoms. The minimum atomic E-state index is -0.392. The minimum absolute atomic E-state index is 0.164. The lowest BCUT2D eigenvalue weighted by atomic mass is 9.87. The van der Waals surface area contributed by atoms with E-state index in [1.165, 1.54) is 0 Å². The zero-order chi connectivity index (χ0) is 13.1. The molecule has 1 amide bonds. The molecule has 0 spiro atoms. The highest BCUT2D eigenvalue weighted by atomic mass is 79.9. The molecule has 0 aromatic carbocycles. The Bertz CT molecular complexity index is 255. The van der Waals surface area contributed by atoms with E-state index < -0.39 is 5.60 Å². The molecule has 1 unspecified atom stereocenters. The predicted molar refractivity (Wildman–Crippen MR) is 73.5 cm³/mol. The third-order valence-corrected chi connectivity index (χ3v) is 4.26. The highest BCUT2D eigenvalue weighted by Crippen LogP contribution is 2.26. The molecule has 1 atom stereocenters. The molecular weight excluding hydrogens is 282 g/mol. The Balaban J connectivity index is 2.39. The maximum atomic E-state index is 11.9. The summed E-state index contributed by atoms with van der Waals surface area (Å²) in [5, 5.41) is 1.05. The molecule has 0 aliphatic carbocycles. The van der Waals surface area contributed by atoms with Crippen molar-refractivity contribution in [3.05, 3.63) is 0 Å². The lowest BCUT2D eigenvalue weighted by Gasteiger charge is -2.35. The summed E-state index contributed by atoms with van der Waals surface area (Å²) in [5.74, 6) is 1.42. The van der Waals surface area contributed by atoms with Gasteiger partial charge in [0.25, 0.3) is 0 Å². The van der Waals surface area contributed by atoms with Gasteiger partial charge in [-0.05, 0) is 45.4 Å². The van der Waals surface area contributed by atoms with E-state index in [-0.39, 0.29) is 6.09 Å². The Morgan fingerprint density at radius 2 is 1.94 bits per heavy atom. The van der Waals surface area contributed by atoms with Gasteiger partial charge in [-0.1, -0.05) is 22.9 Å². The van der Waals surface area contributed by atoms with Crippen molar-refractivity contribution < 1.29 is 9.53 Å². The fourth-order valence-electron chi connectivity index (χ4n) is 2.10. The molecule has 1 fully saturated rings. The summed E-state index contributed by atoms with van der Waals surface area (Å²) in [6, 6.07) is 0. The first-order valence-electron chi connectivity index (χ1n) is 6.37. The summed E-state index contributed by atoms with van der Waals surface area (Å²) in [4.78, 5) is 13.7. The first-order chi connectivity index (χ1) is 7.83. The SMILES string of the molecule is CC(CBr)C1CCN(C(=O)OC(C)(C)C)CC1. The summed E-state index contributed by atoms with van der Waals surface area (Å²) >= 11 is 3.53. The van der Waals surface area contributed by atoms with Crippen LogP contribution in [0.3, 0.4) is 0 Å². The molecule has 100 valence electrons. The number of amides is 1. The van der Waals surface area contributed by atoms with Gasteiger partial charge in [0.1, 0.15) is 5.60 Å². The van der Waals surface area contributed by atoms with Crippen LogP contribution in [0, 0.1) is 11.8 Å². The molecule has 0 aromatic rings. The number of halogens is 1. The first kappa shape index (κ1) is 14.8. The quantitative estimate of drug-likeness (QED) is 0.729. The maximum absolute atomic E-state index is 11.9. The van der Waals surface area contributed by atoms with Crippen LogP contribution in [0.15, 0.2) is 0 Å². The number of hydrogen-bond donors (Lipinski definition) is 0. The first-order valence-corrected chi connectivity index (χ1v) is 7.49. The molecule has 1 heterocycles. The van der Waals surface area contributed by atoms with E-state index in [0.717, 1.165) is 37.2 Å². The van der Waals surface area contributed by atoms with Crippen LogP contribution >= 0.6 is 15.9 Å². The average Bonchev–Trinajstić information content (AvgIpc) is 2.26. The van der Waals surface area contributed by atoms with E-state index in [2.05, 4.69) is 22.9 Å². The number of alkyl halides is 1. The number of likely N-dealkylation sites (tertiary alicyclic amines) is 1. The van der Waals surface area contributed by atoms with E-state index >= 15 is 0 Å². The number of rotatable bonds is 2. The van der Waals surface area contributed by atoms with E-state index in [9.17, 15) is 4.79 Å². The molecule has 1 saturated heterocycles. The maximum Gasteiger partial charge on any atom is 0.410 e. The Labute approximate surface area is 113 Å². The summed E-state index contributed by atoms with van der Waals surface area (Å²) in [6.07, 6.45) is 2.01. The topological polar surface area (TPSA) is 29.5 Å². The lowest BCUT2D eigenvalue weighted by Crippen LogP contribution is -2.42. The number of nitrogens with zero attached hydrogens (tertiary/aromatic N) is 1. The Kier molecular flexibility index (Phi) is 5.29. The van der Waals surface area contributed by atoms with Gasteiger partial charge in [0, 0.05) is 18.4 Å². The van der Waals surface area contributed by atoms with Crippen LogP contribution in [0.25, 0.3) is 0 Å².